The van der Waals surface area contributed by atoms with Gasteiger partial charge in [0.1, 0.15) is 11.6 Å². The van der Waals surface area contributed by atoms with E-state index in [0.29, 0.717) is 6.07 Å². The van der Waals surface area contributed by atoms with Crippen LogP contribution in [0.3, 0.4) is 0 Å². The standard InChI is InChI=1S/C12H14BrF2NO/c1-7(13)5-8(2)16-12(17)10-4-3-9(14)6-11(10)15/h3-4,6-8H,5H2,1-2H3,(H,16,17). The smallest absolute Gasteiger partial charge is 0.254 e. The second-order valence-corrected chi connectivity index (χ2v) is 5.58. The number of rotatable bonds is 4. The van der Waals surface area contributed by atoms with Gasteiger partial charge in [-0.25, -0.2) is 8.78 Å². The van der Waals surface area contributed by atoms with Crippen LogP contribution in [-0.2, 0) is 0 Å². The number of halogens is 3. The maximum absolute atomic E-state index is 13.3. The Morgan fingerprint density at radius 2 is 2.06 bits per heavy atom. The molecule has 0 aliphatic carbocycles. The van der Waals surface area contributed by atoms with Crippen molar-refractivity contribution in [3.05, 3.63) is 35.4 Å². The van der Waals surface area contributed by atoms with Gasteiger partial charge in [-0.15, -0.1) is 0 Å². The summed E-state index contributed by atoms with van der Waals surface area (Å²) in [6, 6.07) is 2.83. The number of alkyl halides is 1. The molecule has 0 saturated carbocycles. The SMILES string of the molecule is CC(Br)CC(C)NC(=O)c1ccc(F)cc1F. The highest BCUT2D eigenvalue weighted by Crippen LogP contribution is 2.11. The van der Waals surface area contributed by atoms with Crippen LogP contribution in [0.4, 0.5) is 8.78 Å². The van der Waals surface area contributed by atoms with Gasteiger partial charge in [-0.05, 0) is 25.5 Å². The Balaban J connectivity index is 2.70. The van der Waals surface area contributed by atoms with Crippen molar-refractivity contribution in [2.45, 2.75) is 31.1 Å². The fourth-order valence-corrected chi connectivity index (χ4v) is 2.08. The molecule has 0 aromatic heterocycles. The Hall–Kier alpha value is -0.970. The van der Waals surface area contributed by atoms with Crippen LogP contribution in [0, 0.1) is 11.6 Å². The van der Waals surface area contributed by atoms with Gasteiger partial charge < -0.3 is 5.32 Å². The van der Waals surface area contributed by atoms with E-state index in [9.17, 15) is 13.6 Å². The number of carbonyl (C=O) groups is 1. The monoisotopic (exact) mass is 305 g/mol. The van der Waals surface area contributed by atoms with Crippen molar-refractivity contribution in [1.29, 1.82) is 0 Å². The number of hydrogen-bond donors (Lipinski definition) is 1. The van der Waals surface area contributed by atoms with Crippen molar-refractivity contribution in [2.75, 3.05) is 0 Å². The Kier molecular flexibility index (Phi) is 5.05. The Morgan fingerprint density at radius 1 is 1.41 bits per heavy atom. The molecule has 2 atom stereocenters. The molecule has 0 aliphatic heterocycles. The van der Waals surface area contributed by atoms with Crippen LogP contribution in [0.25, 0.3) is 0 Å². The zero-order chi connectivity index (χ0) is 13.0. The van der Waals surface area contributed by atoms with E-state index in [1.165, 1.54) is 0 Å². The highest BCUT2D eigenvalue weighted by molar-refractivity contribution is 9.09. The summed E-state index contributed by atoms with van der Waals surface area (Å²) in [4.78, 5) is 11.9. The van der Waals surface area contributed by atoms with Crippen molar-refractivity contribution >= 4 is 21.8 Å². The van der Waals surface area contributed by atoms with Gasteiger partial charge in [0.15, 0.2) is 0 Å². The number of nitrogens with one attached hydrogen (secondary N) is 1. The molecule has 2 unspecified atom stereocenters. The summed E-state index contributed by atoms with van der Waals surface area (Å²) < 4.78 is 26.0. The first-order valence-corrected chi connectivity index (χ1v) is 6.21. The zero-order valence-electron chi connectivity index (χ0n) is 9.64. The maximum Gasteiger partial charge on any atom is 0.254 e. The van der Waals surface area contributed by atoms with Crippen LogP contribution in [0.5, 0.6) is 0 Å². The molecule has 0 radical (unpaired) electrons. The van der Waals surface area contributed by atoms with E-state index >= 15 is 0 Å². The Labute approximate surface area is 108 Å². The van der Waals surface area contributed by atoms with Gasteiger partial charge in [0.05, 0.1) is 5.56 Å². The minimum atomic E-state index is -0.846. The second-order valence-electron chi connectivity index (χ2n) is 4.02. The van der Waals surface area contributed by atoms with Crippen molar-refractivity contribution in [3.8, 4) is 0 Å². The molecule has 0 heterocycles. The highest BCUT2D eigenvalue weighted by atomic mass is 79.9. The van der Waals surface area contributed by atoms with E-state index in [2.05, 4.69) is 21.2 Å². The number of carbonyl (C=O) groups excluding carboxylic acids is 1. The Morgan fingerprint density at radius 3 is 2.59 bits per heavy atom. The maximum atomic E-state index is 13.3. The summed E-state index contributed by atoms with van der Waals surface area (Å²) in [6.07, 6.45) is 0.731. The lowest BCUT2D eigenvalue weighted by atomic mass is 10.1. The van der Waals surface area contributed by atoms with Gasteiger partial charge in [0.2, 0.25) is 0 Å². The van der Waals surface area contributed by atoms with Crippen LogP contribution in [0.15, 0.2) is 18.2 Å². The van der Waals surface area contributed by atoms with Gasteiger partial charge in [-0.1, -0.05) is 22.9 Å². The van der Waals surface area contributed by atoms with Gasteiger partial charge in [0, 0.05) is 16.9 Å². The molecule has 0 bridgehead atoms. The first-order valence-electron chi connectivity index (χ1n) is 5.30. The first-order chi connectivity index (χ1) is 7.90. The largest absolute Gasteiger partial charge is 0.349 e. The lowest BCUT2D eigenvalue weighted by Gasteiger charge is -2.15. The molecule has 94 valence electrons. The van der Waals surface area contributed by atoms with Crippen LogP contribution in [-0.4, -0.2) is 16.8 Å². The molecule has 1 rings (SSSR count). The minimum Gasteiger partial charge on any atom is -0.349 e. The van der Waals surface area contributed by atoms with Crippen molar-refractivity contribution in [1.82, 2.24) is 5.32 Å². The fourth-order valence-electron chi connectivity index (χ4n) is 1.52. The molecule has 5 heteroatoms. The van der Waals surface area contributed by atoms with E-state index in [-0.39, 0.29) is 16.4 Å². The lowest BCUT2D eigenvalue weighted by molar-refractivity contribution is 0.0934. The topological polar surface area (TPSA) is 29.1 Å². The molecule has 17 heavy (non-hydrogen) atoms. The predicted molar refractivity (Wildman–Crippen MR) is 66.3 cm³/mol. The van der Waals surface area contributed by atoms with Crippen LogP contribution in [0.1, 0.15) is 30.6 Å². The third kappa shape index (κ3) is 4.42. The van der Waals surface area contributed by atoms with E-state index in [4.69, 9.17) is 0 Å². The van der Waals surface area contributed by atoms with E-state index in [1.807, 2.05) is 13.8 Å². The molecule has 0 aliphatic rings. The number of benzene rings is 1. The molecule has 1 aromatic carbocycles. The third-order valence-corrected chi connectivity index (χ3v) is 2.61. The van der Waals surface area contributed by atoms with Crippen molar-refractivity contribution in [3.63, 3.8) is 0 Å². The van der Waals surface area contributed by atoms with Gasteiger partial charge in [0.25, 0.3) is 5.91 Å². The summed E-state index contributed by atoms with van der Waals surface area (Å²) >= 11 is 3.37. The molecule has 2 nitrogen and oxygen atoms in total. The average molecular weight is 306 g/mol. The van der Waals surface area contributed by atoms with Gasteiger partial charge in [-0.2, -0.15) is 0 Å². The molecule has 0 saturated heterocycles. The second kappa shape index (κ2) is 6.10. The summed E-state index contributed by atoms with van der Waals surface area (Å²) in [5.74, 6) is -2.06. The van der Waals surface area contributed by atoms with Crippen molar-refractivity contribution in [2.24, 2.45) is 0 Å². The molecular formula is C12H14BrF2NO. The quantitative estimate of drug-likeness (QED) is 0.850. The average Bonchev–Trinajstić information content (AvgIpc) is 2.15. The molecule has 0 spiro atoms. The summed E-state index contributed by atoms with van der Waals surface area (Å²) in [5.41, 5.74) is -0.138. The third-order valence-electron chi connectivity index (χ3n) is 2.23. The summed E-state index contributed by atoms with van der Waals surface area (Å²) in [7, 11) is 0. The number of amides is 1. The van der Waals surface area contributed by atoms with Crippen LogP contribution < -0.4 is 5.32 Å². The fraction of sp³-hybridized carbons (Fsp3) is 0.417. The summed E-state index contributed by atoms with van der Waals surface area (Å²) in [6.45, 7) is 3.79. The van der Waals surface area contributed by atoms with E-state index in [1.54, 1.807) is 0 Å². The van der Waals surface area contributed by atoms with Crippen molar-refractivity contribution < 1.29 is 13.6 Å². The van der Waals surface area contributed by atoms with Gasteiger partial charge >= 0.3 is 0 Å². The lowest BCUT2D eigenvalue weighted by Crippen LogP contribution is -2.34. The van der Waals surface area contributed by atoms with E-state index in [0.717, 1.165) is 18.6 Å². The minimum absolute atomic E-state index is 0.0821. The molecule has 1 N–H and O–H groups in total. The van der Waals surface area contributed by atoms with Crippen LogP contribution >= 0.6 is 15.9 Å². The normalized spacial score (nSPS) is 14.2. The van der Waals surface area contributed by atoms with Crippen LogP contribution in [0.2, 0.25) is 0 Å². The molecule has 1 aromatic rings. The molecule has 1 amide bonds. The predicted octanol–water partition coefficient (Wildman–Crippen LogP) is 3.26. The van der Waals surface area contributed by atoms with Gasteiger partial charge in [-0.3, -0.25) is 4.79 Å². The molecular weight excluding hydrogens is 292 g/mol. The number of hydrogen-bond acceptors (Lipinski definition) is 1. The molecule has 0 fully saturated rings. The summed E-state index contributed by atoms with van der Waals surface area (Å²) in [5, 5.41) is 2.66. The first kappa shape index (κ1) is 14.1. The zero-order valence-corrected chi connectivity index (χ0v) is 11.2. The van der Waals surface area contributed by atoms with E-state index < -0.39 is 17.5 Å². The Bertz CT molecular complexity index is 409. The highest BCUT2D eigenvalue weighted by Gasteiger charge is 2.15.